The highest BCUT2D eigenvalue weighted by Crippen LogP contribution is 2.16. The summed E-state index contributed by atoms with van der Waals surface area (Å²) in [5.41, 5.74) is 0. The third-order valence-electron chi connectivity index (χ3n) is 14.4. The van der Waals surface area contributed by atoms with Gasteiger partial charge in [0.15, 0.2) is 6.10 Å². The van der Waals surface area contributed by atoms with Crippen molar-refractivity contribution in [2.75, 3.05) is 13.2 Å². The van der Waals surface area contributed by atoms with Gasteiger partial charge in [0.2, 0.25) is 0 Å². The lowest BCUT2D eigenvalue weighted by Crippen LogP contribution is -2.30. The molecule has 0 amide bonds. The van der Waals surface area contributed by atoms with Crippen molar-refractivity contribution >= 4 is 17.9 Å². The SMILES string of the molecule is CCC/C=C\CCCCCCCC(=O)OCC(COC(=O)CCCCCCCCCCCCCCC/C=C\C/C=C\CCCCCCC)OC(=O)CCCCCCCCCC/C=C\C/C=C\C/C=C\CCCCCCC. The van der Waals surface area contributed by atoms with E-state index in [0.717, 1.165) is 96.3 Å². The Bertz CT molecular complexity index is 1400. The number of carbonyl (C=O) groups is 3. The summed E-state index contributed by atoms with van der Waals surface area (Å²) < 4.78 is 16.9. The van der Waals surface area contributed by atoms with Crippen LogP contribution in [0.3, 0.4) is 0 Å². The molecule has 1 unspecified atom stereocenters. The van der Waals surface area contributed by atoms with Gasteiger partial charge >= 0.3 is 17.9 Å². The lowest BCUT2D eigenvalue weighted by Gasteiger charge is -2.18. The van der Waals surface area contributed by atoms with Gasteiger partial charge in [0, 0.05) is 19.3 Å². The summed E-state index contributed by atoms with van der Waals surface area (Å²) >= 11 is 0. The van der Waals surface area contributed by atoms with E-state index in [0.29, 0.717) is 19.3 Å². The normalized spacial score (nSPS) is 12.5. The molecule has 0 aromatic heterocycles. The summed E-state index contributed by atoms with van der Waals surface area (Å²) in [6.45, 7) is 6.58. The van der Waals surface area contributed by atoms with Crippen molar-refractivity contribution < 1.29 is 28.6 Å². The van der Waals surface area contributed by atoms with Crippen LogP contribution in [-0.2, 0) is 28.6 Å². The second-order valence-corrected chi connectivity index (χ2v) is 22.0. The Hall–Kier alpha value is -3.15. The molecule has 0 aliphatic rings. The number of carbonyl (C=O) groups excluding carboxylic acids is 3. The number of unbranched alkanes of at least 4 members (excludes halogenated alkanes) is 37. The predicted octanol–water partition coefficient (Wildman–Crippen LogP) is 22.5. The zero-order valence-corrected chi connectivity index (χ0v) is 50.5. The van der Waals surface area contributed by atoms with Crippen molar-refractivity contribution in [1.29, 1.82) is 0 Å². The van der Waals surface area contributed by atoms with Crippen LogP contribution in [0, 0.1) is 0 Å². The molecule has 0 fully saturated rings. The van der Waals surface area contributed by atoms with Gasteiger partial charge in [0.25, 0.3) is 0 Å². The molecule has 1 atom stereocenters. The minimum atomic E-state index is -0.783. The number of hydrogen-bond donors (Lipinski definition) is 0. The molecule has 0 aromatic rings. The molecule has 440 valence electrons. The summed E-state index contributed by atoms with van der Waals surface area (Å²) in [5.74, 6) is -0.886. The summed E-state index contributed by atoms with van der Waals surface area (Å²) in [6.07, 6.45) is 83.5. The summed E-state index contributed by atoms with van der Waals surface area (Å²) in [4.78, 5) is 38.2. The van der Waals surface area contributed by atoms with Gasteiger partial charge in [-0.2, -0.15) is 0 Å². The molecule has 6 heteroatoms. The highest BCUT2D eigenvalue weighted by Gasteiger charge is 2.19. The number of ether oxygens (including phenoxy) is 3. The molecule has 0 saturated carbocycles. The van der Waals surface area contributed by atoms with E-state index in [4.69, 9.17) is 14.2 Å². The molecule has 0 aromatic carbocycles. The largest absolute Gasteiger partial charge is 0.462 e. The van der Waals surface area contributed by atoms with E-state index in [1.165, 1.54) is 199 Å². The molecule has 0 bridgehead atoms. The van der Waals surface area contributed by atoms with Crippen LogP contribution in [0.15, 0.2) is 72.9 Å². The molecule has 0 spiro atoms. The maximum absolute atomic E-state index is 12.9. The van der Waals surface area contributed by atoms with Crippen LogP contribution in [0.4, 0.5) is 0 Å². The molecule has 0 aliphatic heterocycles. The fourth-order valence-electron chi connectivity index (χ4n) is 9.43. The first-order valence-electron chi connectivity index (χ1n) is 32.9. The molecule has 0 radical (unpaired) electrons. The zero-order chi connectivity index (χ0) is 55.0. The van der Waals surface area contributed by atoms with Crippen molar-refractivity contribution in [3.8, 4) is 0 Å². The van der Waals surface area contributed by atoms with Crippen LogP contribution in [-0.4, -0.2) is 37.2 Å². The van der Waals surface area contributed by atoms with E-state index >= 15 is 0 Å². The highest BCUT2D eigenvalue weighted by atomic mass is 16.6. The molecule has 0 aliphatic carbocycles. The van der Waals surface area contributed by atoms with Crippen LogP contribution >= 0.6 is 0 Å². The number of rotatable bonds is 60. The average Bonchev–Trinajstić information content (AvgIpc) is 3.42. The third kappa shape index (κ3) is 61.7. The van der Waals surface area contributed by atoms with Gasteiger partial charge in [0.05, 0.1) is 0 Å². The van der Waals surface area contributed by atoms with E-state index < -0.39 is 6.10 Å². The number of hydrogen-bond acceptors (Lipinski definition) is 6. The molecular weight excluding hydrogens is 937 g/mol. The molecule has 76 heavy (non-hydrogen) atoms. The second-order valence-electron chi connectivity index (χ2n) is 22.0. The van der Waals surface area contributed by atoms with Gasteiger partial charge in [-0.1, -0.05) is 280 Å². The quantitative estimate of drug-likeness (QED) is 0.0261. The fraction of sp³-hybridized carbons (Fsp3) is 0.786. The molecule has 0 heterocycles. The van der Waals surface area contributed by atoms with Crippen LogP contribution in [0.5, 0.6) is 0 Å². The average molecular weight is 1060 g/mol. The Balaban J connectivity index is 4.24. The van der Waals surface area contributed by atoms with Crippen LogP contribution in [0.2, 0.25) is 0 Å². The van der Waals surface area contributed by atoms with Gasteiger partial charge in [-0.05, 0) is 109 Å². The lowest BCUT2D eigenvalue weighted by molar-refractivity contribution is -0.167. The van der Waals surface area contributed by atoms with Crippen LogP contribution in [0.25, 0.3) is 0 Å². The van der Waals surface area contributed by atoms with Gasteiger partial charge in [-0.3, -0.25) is 14.4 Å². The van der Waals surface area contributed by atoms with Gasteiger partial charge in [0.1, 0.15) is 13.2 Å². The molecular formula is C70H124O6. The zero-order valence-electron chi connectivity index (χ0n) is 50.5. The van der Waals surface area contributed by atoms with E-state index in [2.05, 4.69) is 93.7 Å². The maximum atomic E-state index is 12.9. The molecule has 0 rings (SSSR count). The molecule has 0 saturated heterocycles. The first-order chi connectivity index (χ1) is 37.5. The maximum Gasteiger partial charge on any atom is 0.306 e. The Morgan fingerprint density at radius 1 is 0.263 bits per heavy atom. The fourth-order valence-corrected chi connectivity index (χ4v) is 9.43. The van der Waals surface area contributed by atoms with Crippen LogP contribution in [0.1, 0.15) is 335 Å². The van der Waals surface area contributed by atoms with Crippen molar-refractivity contribution in [2.45, 2.75) is 341 Å². The Morgan fingerprint density at radius 3 is 0.803 bits per heavy atom. The number of esters is 3. The summed E-state index contributed by atoms with van der Waals surface area (Å²) in [6, 6.07) is 0. The topological polar surface area (TPSA) is 78.9 Å². The highest BCUT2D eigenvalue weighted by molar-refractivity contribution is 5.71. The minimum absolute atomic E-state index is 0.0800. The second kappa shape index (κ2) is 64.4. The molecule has 0 N–H and O–H groups in total. The van der Waals surface area contributed by atoms with Crippen molar-refractivity contribution in [1.82, 2.24) is 0 Å². The van der Waals surface area contributed by atoms with E-state index in [1.54, 1.807) is 0 Å². The first-order valence-corrected chi connectivity index (χ1v) is 32.9. The Kier molecular flexibility index (Phi) is 61.7. The van der Waals surface area contributed by atoms with Crippen LogP contribution < -0.4 is 0 Å². The molecule has 6 nitrogen and oxygen atoms in total. The Labute approximate surface area is 472 Å². The van der Waals surface area contributed by atoms with Crippen molar-refractivity contribution in [2.24, 2.45) is 0 Å². The van der Waals surface area contributed by atoms with E-state index in [-0.39, 0.29) is 31.1 Å². The smallest absolute Gasteiger partial charge is 0.306 e. The predicted molar refractivity (Wildman–Crippen MR) is 330 cm³/mol. The van der Waals surface area contributed by atoms with E-state index in [9.17, 15) is 14.4 Å². The van der Waals surface area contributed by atoms with Gasteiger partial charge in [-0.25, -0.2) is 0 Å². The summed E-state index contributed by atoms with van der Waals surface area (Å²) in [5, 5.41) is 0. The minimum Gasteiger partial charge on any atom is -0.462 e. The van der Waals surface area contributed by atoms with Gasteiger partial charge < -0.3 is 14.2 Å². The Morgan fingerprint density at radius 2 is 0.500 bits per heavy atom. The van der Waals surface area contributed by atoms with Crippen molar-refractivity contribution in [3.05, 3.63) is 72.9 Å². The standard InChI is InChI=1S/C70H124O6/c1-4-7-10-13-16-19-22-24-26-28-30-32-34-35-37-38-40-42-44-46-48-51-54-57-60-63-69(72)75-66-67(65-74-68(71)62-59-56-53-50-21-18-15-12-9-6-3)76-70(73)64-61-58-55-52-49-47-45-43-41-39-36-33-31-29-27-25-23-20-17-14-11-8-5-2/h12,15,22-25,28-31,36,39,67H,4-11,13-14,16-21,26-27,32-35,37-38,40-66H2,1-3H3/b15-12-,24-22-,25-23-,30-28-,31-29-,39-36-. The number of allylic oxidation sites excluding steroid dienone is 12. The monoisotopic (exact) mass is 1060 g/mol. The van der Waals surface area contributed by atoms with Gasteiger partial charge in [-0.15, -0.1) is 0 Å². The third-order valence-corrected chi connectivity index (χ3v) is 14.4. The lowest BCUT2D eigenvalue weighted by atomic mass is 10.0. The van der Waals surface area contributed by atoms with Crippen molar-refractivity contribution in [3.63, 3.8) is 0 Å². The van der Waals surface area contributed by atoms with E-state index in [1.807, 2.05) is 0 Å². The summed E-state index contributed by atoms with van der Waals surface area (Å²) in [7, 11) is 0. The first kappa shape index (κ1) is 72.8.